The molecule has 1 heterocycles. The van der Waals surface area contributed by atoms with Gasteiger partial charge < -0.3 is 10.4 Å². The van der Waals surface area contributed by atoms with Crippen molar-refractivity contribution in [3.63, 3.8) is 0 Å². The molecule has 2 unspecified atom stereocenters. The zero-order chi connectivity index (χ0) is 14.1. The molecular weight excluding hydrogens is 278 g/mol. The average molecular weight is 295 g/mol. The number of amides is 2. The molecule has 6 nitrogen and oxygen atoms in total. The first kappa shape index (κ1) is 13.4. The molecule has 3 N–H and O–H groups in total. The summed E-state index contributed by atoms with van der Waals surface area (Å²) >= 11 is 1.41. The monoisotopic (exact) mass is 295 g/mol. The van der Waals surface area contributed by atoms with Crippen LogP contribution in [0.5, 0.6) is 0 Å². The van der Waals surface area contributed by atoms with Gasteiger partial charge in [-0.1, -0.05) is 6.42 Å². The van der Waals surface area contributed by atoms with Gasteiger partial charge in [0.2, 0.25) is 0 Å². The van der Waals surface area contributed by atoms with E-state index >= 15 is 0 Å². The van der Waals surface area contributed by atoms with Gasteiger partial charge in [-0.2, -0.15) is 0 Å². The number of thiazole rings is 1. The molecule has 1 aromatic heterocycles. The summed E-state index contributed by atoms with van der Waals surface area (Å²) in [4.78, 5) is 27.3. The molecule has 0 saturated heterocycles. The first-order valence-electron chi connectivity index (χ1n) is 6.89. The second-order valence-electron chi connectivity index (χ2n) is 5.43. The van der Waals surface area contributed by atoms with Gasteiger partial charge in [0.05, 0.1) is 11.6 Å². The van der Waals surface area contributed by atoms with Gasteiger partial charge in [0.25, 0.3) is 0 Å². The van der Waals surface area contributed by atoms with E-state index in [0.717, 1.165) is 18.5 Å². The molecule has 20 heavy (non-hydrogen) atoms. The fourth-order valence-corrected chi connectivity index (χ4v) is 3.43. The maximum absolute atomic E-state index is 11.9. The molecule has 2 aliphatic carbocycles. The van der Waals surface area contributed by atoms with Gasteiger partial charge in [0, 0.05) is 17.3 Å². The minimum absolute atomic E-state index is 0.282. The molecule has 0 aliphatic heterocycles. The number of aromatic nitrogens is 1. The maximum Gasteiger partial charge on any atom is 0.321 e. The first-order valence-corrected chi connectivity index (χ1v) is 7.77. The van der Waals surface area contributed by atoms with Crippen LogP contribution in [0.1, 0.15) is 43.7 Å². The highest BCUT2D eigenvalue weighted by atomic mass is 32.1. The number of aliphatic carboxylic acids is 1. The highest BCUT2D eigenvalue weighted by molar-refractivity contribution is 7.13. The quantitative estimate of drug-likeness (QED) is 0.795. The van der Waals surface area contributed by atoms with E-state index in [4.69, 9.17) is 5.11 Å². The van der Waals surface area contributed by atoms with Crippen LogP contribution >= 0.6 is 11.3 Å². The van der Waals surface area contributed by atoms with E-state index in [9.17, 15) is 9.59 Å². The second-order valence-corrected chi connectivity index (χ2v) is 6.29. The summed E-state index contributed by atoms with van der Waals surface area (Å²) in [7, 11) is 0. The lowest BCUT2D eigenvalue weighted by molar-refractivity contribution is -0.142. The van der Waals surface area contributed by atoms with E-state index in [2.05, 4.69) is 15.6 Å². The van der Waals surface area contributed by atoms with Crippen molar-refractivity contribution in [2.24, 2.45) is 5.92 Å². The fraction of sp³-hybridized carbons (Fsp3) is 0.615. The van der Waals surface area contributed by atoms with Gasteiger partial charge >= 0.3 is 12.0 Å². The Morgan fingerprint density at radius 2 is 2.10 bits per heavy atom. The molecule has 2 amide bonds. The van der Waals surface area contributed by atoms with E-state index in [1.165, 1.54) is 24.2 Å². The predicted molar refractivity (Wildman–Crippen MR) is 75.0 cm³/mol. The number of carbonyl (C=O) groups excluding carboxylic acids is 1. The molecule has 0 aromatic carbocycles. The first-order chi connectivity index (χ1) is 9.63. The van der Waals surface area contributed by atoms with Crippen molar-refractivity contribution in [2.75, 3.05) is 5.32 Å². The lowest BCUT2D eigenvalue weighted by Gasteiger charge is -2.17. The fourth-order valence-electron chi connectivity index (χ4n) is 2.64. The third kappa shape index (κ3) is 2.92. The summed E-state index contributed by atoms with van der Waals surface area (Å²) in [5.74, 6) is -0.742. The van der Waals surface area contributed by atoms with Crippen LogP contribution in [-0.2, 0) is 4.79 Å². The second kappa shape index (κ2) is 5.40. The molecule has 2 fully saturated rings. The number of urea groups is 1. The van der Waals surface area contributed by atoms with Gasteiger partial charge in [-0.25, -0.2) is 9.78 Å². The third-order valence-corrected chi connectivity index (χ3v) is 4.66. The number of carboxylic acid groups (broad SMARTS) is 1. The topological polar surface area (TPSA) is 91.3 Å². The van der Waals surface area contributed by atoms with Crippen LogP contribution in [-0.4, -0.2) is 28.1 Å². The van der Waals surface area contributed by atoms with Crippen LogP contribution in [0.3, 0.4) is 0 Å². The van der Waals surface area contributed by atoms with Gasteiger partial charge in [-0.3, -0.25) is 10.1 Å². The summed E-state index contributed by atoms with van der Waals surface area (Å²) < 4.78 is 0. The van der Waals surface area contributed by atoms with E-state index in [1.54, 1.807) is 0 Å². The standard InChI is InChI=1S/C13H17N3O3S/c17-11(18)8-2-1-3-9(8)14-12(19)16-13-15-10(6-20-13)7-4-5-7/h6-9H,1-5H2,(H,17,18)(H2,14,15,16,19). The molecule has 108 valence electrons. The normalized spacial score (nSPS) is 25.4. The summed E-state index contributed by atoms with van der Waals surface area (Å²) in [6.07, 6.45) is 4.54. The Kier molecular flexibility index (Phi) is 3.60. The minimum Gasteiger partial charge on any atom is -0.481 e. The zero-order valence-corrected chi connectivity index (χ0v) is 11.8. The van der Waals surface area contributed by atoms with Crippen molar-refractivity contribution in [1.29, 1.82) is 0 Å². The van der Waals surface area contributed by atoms with E-state index in [-0.39, 0.29) is 12.1 Å². The number of carboxylic acids is 1. The highest BCUT2D eigenvalue weighted by Crippen LogP contribution is 2.40. The summed E-state index contributed by atoms with van der Waals surface area (Å²) in [6.45, 7) is 0. The molecule has 2 atom stereocenters. The van der Waals surface area contributed by atoms with Crippen LogP contribution < -0.4 is 10.6 Å². The van der Waals surface area contributed by atoms with Crippen LogP contribution in [0.2, 0.25) is 0 Å². The third-order valence-electron chi connectivity index (χ3n) is 3.89. The van der Waals surface area contributed by atoms with Crippen molar-refractivity contribution in [3.8, 4) is 0 Å². The summed E-state index contributed by atoms with van der Waals surface area (Å²) in [6, 6.07) is -0.643. The van der Waals surface area contributed by atoms with E-state index in [1.807, 2.05) is 5.38 Å². The molecular formula is C13H17N3O3S. The number of nitrogens with one attached hydrogen (secondary N) is 2. The highest BCUT2D eigenvalue weighted by Gasteiger charge is 2.34. The Hall–Kier alpha value is -1.63. The Labute approximate surface area is 120 Å². The number of rotatable bonds is 4. The molecule has 2 aliphatic rings. The van der Waals surface area contributed by atoms with Gasteiger partial charge in [-0.15, -0.1) is 11.3 Å². The molecule has 0 radical (unpaired) electrons. The largest absolute Gasteiger partial charge is 0.481 e. The van der Waals surface area contributed by atoms with Crippen molar-refractivity contribution >= 4 is 28.5 Å². The number of hydrogen-bond acceptors (Lipinski definition) is 4. The van der Waals surface area contributed by atoms with Crippen LogP contribution in [0.4, 0.5) is 9.93 Å². The van der Waals surface area contributed by atoms with Gasteiger partial charge in [-0.05, 0) is 25.7 Å². The lowest BCUT2D eigenvalue weighted by Crippen LogP contribution is -2.42. The Morgan fingerprint density at radius 1 is 1.30 bits per heavy atom. The Morgan fingerprint density at radius 3 is 2.80 bits per heavy atom. The average Bonchev–Trinajstić information content (AvgIpc) is 2.96. The van der Waals surface area contributed by atoms with Gasteiger partial charge in [0.15, 0.2) is 5.13 Å². The van der Waals surface area contributed by atoms with Crippen molar-refractivity contribution in [1.82, 2.24) is 10.3 Å². The number of hydrogen-bond donors (Lipinski definition) is 3. The molecule has 0 bridgehead atoms. The molecule has 7 heteroatoms. The van der Waals surface area contributed by atoms with Crippen molar-refractivity contribution in [3.05, 3.63) is 11.1 Å². The summed E-state index contributed by atoms with van der Waals surface area (Å²) in [5, 5.41) is 17.1. The lowest BCUT2D eigenvalue weighted by atomic mass is 10.0. The summed E-state index contributed by atoms with van der Waals surface area (Å²) in [5.41, 5.74) is 1.05. The molecule has 1 aromatic rings. The van der Waals surface area contributed by atoms with Crippen molar-refractivity contribution < 1.29 is 14.7 Å². The zero-order valence-electron chi connectivity index (χ0n) is 11.0. The van der Waals surface area contributed by atoms with E-state index in [0.29, 0.717) is 17.5 Å². The van der Waals surface area contributed by atoms with Crippen LogP contribution in [0.25, 0.3) is 0 Å². The Balaban J connectivity index is 1.54. The SMILES string of the molecule is O=C(Nc1nc(C2CC2)cs1)NC1CCCC1C(=O)O. The predicted octanol–water partition coefficient (Wildman–Crippen LogP) is 2.40. The smallest absolute Gasteiger partial charge is 0.321 e. The Bertz CT molecular complexity index is 527. The van der Waals surface area contributed by atoms with Crippen molar-refractivity contribution in [2.45, 2.75) is 44.1 Å². The minimum atomic E-state index is -0.835. The van der Waals surface area contributed by atoms with Crippen LogP contribution in [0, 0.1) is 5.92 Å². The number of nitrogens with zero attached hydrogens (tertiary/aromatic N) is 1. The maximum atomic E-state index is 11.9. The van der Waals surface area contributed by atoms with Gasteiger partial charge in [0.1, 0.15) is 0 Å². The number of carbonyl (C=O) groups is 2. The molecule has 3 rings (SSSR count). The molecule has 0 spiro atoms. The molecule has 2 saturated carbocycles. The van der Waals surface area contributed by atoms with Crippen LogP contribution in [0.15, 0.2) is 5.38 Å². The van der Waals surface area contributed by atoms with E-state index < -0.39 is 11.9 Å². The number of anilines is 1.